The molecule has 3 nitrogen and oxygen atoms in total. The predicted molar refractivity (Wildman–Crippen MR) is 65.7 cm³/mol. The Hall–Kier alpha value is -1.42. The molecule has 0 spiro atoms. The van der Waals surface area contributed by atoms with Crippen molar-refractivity contribution in [2.24, 2.45) is 0 Å². The zero-order valence-electron chi connectivity index (χ0n) is 9.07. The van der Waals surface area contributed by atoms with Crippen molar-refractivity contribution in [3.8, 4) is 11.6 Å². The number of ether oxygens (including phenoxy) is 1. The lowest BCUT2D eigenvalue weighted by molar-refractivity contribution is 0.451. The highest BCUT2D eigenvalue weighted by atomic mass is 79.9. The lowest BCUT2D eigenvalue weighted by atomic mass is 10.2. The van der Waals surface area contributed by atoms with Gasteiger partial charge in [0.2, 0.25) is 5.88 Å². The number of benzene rings is 1. The van der Waals surface area contributed by atoms with Gasteiger partial charge in [-0.05, 0) is 53.0 Å². The van der Waals surface area contributed by atoms with Crippen LogP contribution in [0.5, 0.6) is 11.6 Å². The standard InChI is InChI=1S/C12H11BrN2O/c1-8-3-4-11(10(13)5-8)16-12-6-9(2)7-14-15-12/h3-7H,1-2H3. The van der Waals surface area contributed by atoms with Gasteiger partial charge in [0.25, 0.3) is 0 Å². The Labute approximate surface area is 103 Å². The summed E-state index contributed by atoms with van der Waals surface area (Å²) in [5, 5.41) is 7.74. The van der Waals surface area contributed by atoms with E-state index in [1.54, 1.807) is 6.20 Å². The highest BCUT2D eigenvalue weighted by Crippen LogP contribution is 2.29. The third kappa shape index (κ3) is 2.58. The first-order valence-corrected chi connectivity index (χ1v) is 5.68. The van der Waals surface area contributed by atoms with Crippen LogP contribution in [-0.4, -0.2) is 10.2 Å². The average molecular weight is 279 g/mol. The summed E-state index contributed by atoms with van der Waals surface area (Å²) in [6.07, 6.45) is 1.69. The van der Waals surface area contributed by atoms with Crippen molar-refractivity contribution in [2.45, 2.75) is 13.8 Å². The lowest BCUT2D eigenvalue weighted by Crippen LogP contribution is -1.92. The summed E-state index contributed by atoms with van der Waals surface area (Å²) in [6.45, 7) is 3.98. The molecule has 2 rings (SSSR count). The number of halogens is 1. The van der Waals surface area contributed by atoms with Crippen LogP contribution < -0.4 is 4.74 Å². The molecule has 82 valence electrons. The Balaban J connectivity index is 2.27. The highest BCUT2D eigenvalue weighted by Gasteiger charge is 2.04. The van der Waals surface area contributed by atoms with Gasteiger partial charge in [-0.25, -0.2) is 0 Å². The summed E-state index contributed by atoms with van der Waals surface area (Å²) in [4.78, 5) is 0. The molecule has 0 N–H and O–H groups in total. The quantitative estimate of drug-likeness (QED) is 0.841. The van der Waals surface area contributed by atoms with Crippen molar-refractivity contribution in [3.05, 3.63) is 46.1 Å². The van der Waals surface area contributed by atoms with Crippen LogP contribution in [0.15, 0.2) is 34.9 Å². The fourth-order valence-corrected chi connectivity index (χ4v) is 1.86. The molecule has 0 unspecified atom stereocenters. The summed E-state index contributed by atoms with van der Waals surface area (Å²) in [5.41, 5.74) is 2.20. The Kier molecular flexibility index (Phi) is 3.19. The Bertz CT molecular complexity index is 514. The van der Waals surface area contributed by atoms with Gasteiger partial charge in [-0.2, -0.15) is 5.10 Å². The maximum absolute atomic E-state index is 5.62. The summed E-state index contributed by atoms with van der Waals surface area (Å²) in [5.74, 6) is 1.25. The van der Waals surface area contributed by atoms with Crippen molar-refractivity contribution >= 4 is 15.9 Å². The topological polar surface area (TPSA) is 35.0 Å². The van der Waals surface area contributed by atoms with E-state index >= 15 is 0 Å². The van der Waals surface area contributed by atoms with Crippen LogP contribution in [-0.2, 0) is 0 Å². The van der Waals surface area contributed by atoms with Gasteiger partial charge in [-0.15, -0.1) is 5.10 Å². The maximum Gasteiger partial charge on any atom is 0.239 e. The molecule has 1 aromatic carbocycles. The Morgan fingerprint density at radius 2 is 1.94 bits per heavy atom. The normalized spacial score (nSPS) is 10.2. The van der Waals surface area contributed by atoms with Crippen molar-refractivity contribution in [3.63, 3.8) is 0 Å². The molecule has 1 heterocycles. The fraction of sp³-hybridized carbons (Fsp3) is 0.167. The number of hydrogen-bond acceptors (Lipinski definition) is 3. The van der Waals surface area contributed by atoms with Crippen molar-refractivity contribution < 1.29 is 4.74 Å². The van der Waals surface area contributed by atoms with Crippen molar-refractivity contribution in [2.75, 3.05) is 0 Å². The zero-order chi connectivity index (χ0) is 11.5. The molecule has 1 aromatic heterocycles. The molecule has 0 amide bonds. The second kappa shape index (κ2) is 4.61. The molecule has 0 saturated carbocycles. The van der Waals surface area contributed by atoms with E-state index in [4.69, 9.17) is 4.74 Å². The first kappa shape index (κ1) is 11.1. The second-order valence-corrected chi connectivity index (χ2v) is 4.46. The monoisotopic (exact) mass is 278 g/mol. The van der Waals surface area contributed by atoms with E-state index in [-0.39, 0.29) is 0 Å². The average Bonchev–Trinajstić information content (AvgIpc) is 2.22. The van der Waals surface area contributed by atoms with Gasteiger partial charge in [-0.3, -0.25) is 0 Å². The van der Waals surface area contributed by atoms with Crippen LogP contribution in [0.3, 0.4) is 0 Å². The van der Waals surface area contributed by atoms with E-state index < -0.39 is 0 Å². The minimum absolute atomic E-state index is 0.504. The van der Waals surface area contributed by atoms with E-state index in [1.165, 1.54) is 5.56 Å². The van der Waals surface area contributed by atoms with Crippen LogP contribution in [0.1, 0.15) is 11.1 Å². The highest BCUT2D eigenvalue weighted by molar-refractivity contribution is 9.10. The molecule has 0 bridgehead atoms. The van der Waals surface area contributed by atoms with Crippen LogP contribution in [0.2, 0.25) is 0 Å². The smallest absolute Gasteiger partial charge is 0.239 e. The van der Waals surface area contributed by atoms with Crippen LogP contribution >= 0.6 is 15.9 Å². The summed E-state index contributed by atoms with van der Waals surface area (Å²) in [7, 11) is 0. The maximum atomic E-state index is 5.62. The predicted octanol–water partition coefficient (Wildman–Crippen LogP) is 3.65. The molecule has 16 heavy (non-hydrogen) atoms. The number of rotatable bonds is 2. The van der Waals surface area contributed by atoms with Gasteiger partial charge in [0.1, 0.15) is 5.75 Å². The summed E-state index contributed by atoms with van der Waals surface area (Å²) in [6, 6.07) is 7.74. The minimum atomic E-state index is 0.504. The minimum Gasteiger partial charge on any atom is -0.436 e. The Morgan fingerprint density at radius 1 is 1.12 bits per heavy atom. The van der Waals surface area contributed by atoms with Gasteiger partial charge >= 0.3 is 0 Å². The van der Waals surface area contributed by atoms with Gasteiger partial charge in [-0.1, -0.05) is 6.07 Å². The first-order chi connectivity index (χ1) is 7.65. The van der Waals surface area contributed by atoms with E-state index in [2.05, 4.69) is 26.1 Å². The van der Waals surface area contributed by atoms with E-state index in [0.717, 1.165) is 15.8 Å². The first-order valence-electron chi connectivity index (χ1n) is 4.88. The van der Waals surface area contributed by atoms with Crippen LogP contribution in [0, 0.1) is 13.8 Å². The van der Waals surface area contributed by atoms with E-state index in [0.29, 0.717) is 5.88 Å². The largest absolute Gasteiger partial charge is 0.436 e. The molecular formula is C12H11BrN2O. The van der Waals surface area contributed by atoms with Gasteiger partial charge in [0.05, 0.1) is 10.7 Å². The molecule has 0 aliphatic heterocycles. The van der Waals surface area contributed by atoms with Crippen LogP contribution in [0.25, 0.3) is 0 Å². The summed E-state index contributed by atoms with van der Waals surface area (Å²) < 4.78 is 6.54. The Morgan fingerprint density at radius 3 is 2.62 bits per heavy atom. The third-order valence-corrected chi connectivity index (χ3v) is 2.69. The number of hydrogen-bond donors (Lipinski definition) is 0. The molecule has 2 aromatic rings. The molecular weight excluding hydrogens is 268 g/mol. The molecule has 4 heteroatoms. The van der Waals surface area contributed by atoms with Crippen molar-refractivity contribution in [1.29, 1.82) is 0 Å². The molecule has 0 aliphatic rings. The van der Waals surface area contributed by atoms with E-state index in [1.807, 2.05) is 38.1 Å². The fourth-order valence-electron chi connectivity index (χ4n) is 1.29. The number of aryl methyl sites for hydroxylation is 2. The SMILES string of the molecule is Cc1cnnc(Oc2ccc(C)cc2Br)c1. The second-order valence-electron chi connectivity index (χ2n) is 3.61. The molecule has 0 saturated heterocycles. The number of aromatic nitrogens is 2. The number of nitrogens with zero attached hydrogens (tertiary/aromatic N) is 2. The third-order valence-electron chi connectivity index (χ3n) is 2.07. The van der Waals surface area contributed by atoms with E-state index in [9.17, 15) is 0 Å². The molecule has 0 radical (unpaired) electrons. The molecule has 0 atom stereocenters. The van der Waals surface area contributed by atoms with Gasteiger partial charge in [0.15, 0.2) is 0 Å². The van der Waals surface area contributed by atoms with Crippen LogP contribution in [0.4, 0.5) is 0 Å². The zero-order valence-corrected chi connectivity index (χ0v) is 10.7. The molecule has 0 fully saturated rings. The van der Waals surface area contributed by atoms with Gasteiger partial charge in [0, 0.05) is 6.07 Å². The lowest BCUT2D eigenvalue weighted by Gasteiger charge is -2.07. The molecule has 0 aliphatic carbocycles. The van der Waals surface area contributed by atoms with Crippen molar-refractivity contribution in [1.82, 2.24) is 10.2 Å². The van der Waals surface area contributed by atoms with Gasteiger partial charge < -0.3 is 4.74 Å². The summed E-state index contributed by atoms with van der Waals surface area (Å²) >= 11 is 3.45.